The second-order valence-corrected chi connectivity index (χ2v) is 2.52. The molecule has 0 unspecified atom stereocenters. The highest BCUT2D eigenvalue weighted by atomic mass is 35.5. The minimum atomic E-state index is -0.718. The Bertz CT molecular complexity index is 366. The van der Waals surface area contributed by atoms with Gasteiger partial charge < -0.3 is 11.5 Å². The molecule has 4 N–H and O–H groups in total. The fourth-order valence-electron chi connectivity index (χ4n) is 0.847. The van der Waals surface area contributed by atoms with Gasteiger partial charge in [0, 0.05) is 0 Å². The third-order valence-corrected chi connectivity index (χ3v) is 1.46. The molecule has 0 heterocycles. The molecule has 1 aromatic carbocycles. The Labute approximate surface area is 87.0 Å². The minimum absolute atomic E-state index is 0. The van der Waals surface area contributed by atoms with Crippen molar-refractivity contribution in [3.05, 3.63) is 41.3 Å². The van der Waals surface area contributed by atoms with Crippen LogP contribution in [0, 0.1) is 5.82 Å². The summed E-state index contributed by atoms with van der Waals surface area (Å²) in [6.07, 6.45) is 1.32. The Balaban J connectivity index is 0.00000169. The Hall–Kier alpha value is -1.55. The Kier molecular flexibility index (Phi) is 4.66. The van der Waals surface area contributed by atoms with Gasteiger partial charge in [0.1, 0.15) is 5.82 Å². The molecule has 3 nitrogen and oxygen atoms in total. The number of hydrogen-bond acceptors (Lipinski definition) is 2. The third-order valence-electron chi connectivity index (χ3n) is 1.46. The first-order valence-corrected chi connectivity index (χ1v) is 3.62. The van der Waals surface area contributed by atoms with Gasteiger partial charge in [-0.3, -0.25) is 4.79 Å². The summed E-state index contributed by atoms with van der Waals surface area (Å²) in [6, 6.07) is 5.71. The summed E-state index contributed by atoms with van der Waals surface area (Å²) in [5, 5.41) is 0. The van der Waals surface area contributed by atoms with Crippen LogP contribution in [0.25, 0.3) is 6.08 Å². The van der Waals surface area contributed by atoms with Crippen molar-refractivity contribution in [1.29, 1.82) is 0 Å². The molecule has 5 heteroatoms. The van der Waals surface area contributed by atoms with Crippen LogP contribution in [0.5, 0.6) is 0 Å². The van der Waals surface area contributed by atoms with Crippen LogP contribution in [0.15, 0.2) is 30.0 Å². The van der Waals surface area contributed by atoms with E-state index in [4.69, 9.17) is 11.5 Å². The van der Waals surface area contributed by atoms with Crippen LogP contribution in [0.1, 0.15) is 5.56 Å². The zero-order valence-electron chi connectivity index (χ0n) is 7.24. The Morgan fingerprint density at radius 1 is 1.36 bits per heavy atom. The molecule has 0 fully saturated rings. The number of benzene rings is 1. The van der Waals surface area contributed by atoms with Gasteiger partial charge >= 0.3 is 0 Å². The number of hydrogen-bond donors (Lipinski definition) is 2. The van der Waals surface area contributed by atoms with Gasteiger partial charge in [-0.25, -0.2) is 4.39 Å². The molecule has 0 bridgehead atoms. The van der Waals surface area contributed by atoms with Crippen LogP contribution in [0.2, 0.25) is 0 Å². The number of amides is 1. The van der Waals surface area contributed by atoms with Gasteiger partial charge in [0.05, 0.1) is 5.70 Å². The molecule has 1 aromatic rings. The van der Waals surface area contributed by atoms with Crippen molar-refractivity contribution < 1.29 is 9.18 Å². The number of carbonyl (C=O) groups is 1. The highest BCUT2D eigenvalue weighted by Crippen LogP contribution is 2.06. The molecule has 0 saturated carbocycles. The molecule has 76 valence electrons. The molecule has 0 aliphatic carbocycles. The van der Waals surface area contributed by atoms with Gasteiger partial charge in [0.25, 0.3) is 5.91 Å². The molecule has 0 aliphatic rings. The van der Waals surface area contributed by atoms with Crippen LogP contribution >= 0.6 is 12.4 Å². The van der Waals surface area contributed by atoms with E-state index >= 15 is 0 Å². The van der Waals surface area contributed by atoms with Crippen molar-refractivity contribution in [3.8, 4) is 0 Å². The zero-order chi connectivity index (χ0) is 9.84. The highest BCUT2D eigenvalue weighted by Gasteiger charge is 1.98. The smallest absolute Gasteiger partial charge is 0.264 e. The molecule has 0 saturated heterocycles. The fourth-order valence-corrected chi connectivity index (χ4v) is 0.847. The summed E-state index contributed by atoms with van der Waals surface area (Å²) in [7, 11) is 0. The maximum absolute atomic E-state index is 12.6. The molecule has 1 rings (SSSR count). The molecule has 0 spiro atoms. The molecule has 0 aromatic heterocycles. The molecule has 0 aliphatic heterocycles. The normalized spacial score (nSPS) is 10.5. The maximum Gasteiger partial charge on any atom is 0.264 e. The van der Waals surface area contributed by atoms with Crippen molar-refractivity contribution in [1.82, 2.24) is 0 Å². The molecule has 0 atom stereocenters. The van der Waals surface area contributed by atoms with E-state index in [1.54, 1.807) is 6.07 Å². The van der Waals surface area contributed by atoms with E-state index in [2.05, 4.69) is 0 Å². The van der Waals surface area contributed by atoms with E-state index in [0.717, 1.165) is 0 Å². The second kappa shape index (κ2) is 5.24. The first-order chi connectivity index (χ1) is 6.09. The van der Waals surface area contributed by atoms with Gasteiger partial charge in [0.2, 0.25) is 0 Å². The van der Waals surface area contributed by atoms with Crippen LogP contribution < -0.4 is 11.5 Å². The summed E-state index contributed by atoms with van der Waals surface area (Å²) in [6.45, 7) is 0. The quantitative estimate of drug-likeness (QED) is 0.725. The van der Waals surface area contributed by atoms with Crippen LogP contribution in [-0.2, 0) is 4.79 Å². The standard InChI is InChI=1S/C9H9FN2O.ClH/c10-7-3-1-2-6(4-7)5-8(11)9(12)13;/h1-5H,11H2,(H2,12,13);1H/b8-5-;. The van der Waals surface area contributed by atoms with E-state index in [9.17, 15) is 9.18 Å². The summed E-state index contributed by atoms with van der Waals surface area (Å²) >= 11 is 0. The number of primary amides is 1. The summed E-state index contributed by atoms with van der Waals surface area (Å²) in [5.41, 5.74) is 10.6. The van der Waals surface area contributed by atoms with E-state index in [-0.39, 0.29) is 23.9 Å². The zero-order valence-corrected chi connectivity index (χ0v) is 8.05. The van der Waals surface area contributed by atoms with E-state index in [0.29, 0.717) is 5.56 Å². The highest BCUT2D eigenvalue weighted by molar-refractivity contribution is 5.95. The lowest BCUT2D eigenvalue weighted by Crippen LogP contribution is -2.19. The number of carbonyl (C=O) groups excluding carboxylic acids is 1. The molecule has 14 heavy (non-hydrogen) atoms. The first-order valence-electron chi connectivity index (χ1n) is 3.62. The van der Waals surface area contributed by atoms with Gasteiger partial charge in [0.15, 0.2) is 0 Å². The lowest BCUT2D eigenvalue weighted by molar-refractivity contribution is -0.114. The number of rotatable bonds is 2. The Morgan fingerprint density at radius 2 is 2.00 bits per heavy atom. The molecule has 0 radical (unpaired) electrons. The SMILES string of the molecule is Cl.NC(=O)/C(N)=C/c1cccc(F)c1. The second-order valence-electron chi connectivity index (χ2n) is 2.52. The largest absolute Gasteiger partial charge is 0.394 e. The van der Waals surface area contributed by atoms with Crippen LogP contribution in [0.3, 0.4) is 0 Å². The maximum atomic E-state index is 12.6. The van der Waals surface area contributed by atoms with Crippen molar-refractivity contribution >= 4 is 24.4 Å². The molecule has 1 amide bonds. The lowest BCUT2D eigenvalue weighted by Gasteiger charge is -1.96. The lowest BCUT2D eigenvalue weighted by atomic mass is 10.2. The van der Waals surface area contributed by atoms with Crippen molar-refractivity contribution in [3.63, 3.8) is 0 Å². The number of halogens is 2. The minimum Gasteiger partial charge on any atom is -0.394 e. The topological polar surface area (TPSA) is 69.1 Å². The van der Waals surface area contributed by atoms with Crippen molar-refractivity contribution in [2.24, 2.45) is 11.5 Å². The van der Waals surface area contributed by atoms with E-state index in [1.165, 1.54) is 24.3 Å². The van der Waals surface area contributed by atoms with Crippen molar-refractivity contribution in [2.45, 2.75) is 0 Å². The predicted molar refractivity (Wildman–Crippen MR) is 55.0 cm³/mol. The number of nitrogens with two attached hydrogens (primary N) is 2. The summed E-state index contributed by atoms with van der Waals surface area (Å²) in [4.78, 5) is 10.5. The van der Waals surface area contributed by atoms with E-state index in [1.807, 2.05) is 0 Å². The first kappa shape index (κ1) is 12.4. The average molecular weight is 217 g/mol. The summed E-state index contributed by atoms with van der Waals surface area (Å²) in [5.74, 6) is -1.10. The van der Waals surface area contributed by atoms with Crippen LogP contribution in [0.4, 0.5) is 4.39 Å². The Morgan fingerprint density at radius 3 is 2.50 bits per heavy atom. The van der Waals surface area contributed by atoms with E-state index < -0.39 is 5.91 Å². The monoisotopic (exact) mass is 216 g/mol. The van der Waals surface area contributed by atoms with Gasteiger partial charge in [-0.1, -0.05) is 12.1 Å². The van der Waals surface area contributed by atoms with Gasteiger partial charge in [-0.15, -0.1) is 12.4 Å². The summed E-state index contributed by atoms with van der Waals surface area (Å²) < 4.78 is 12.6. The van der Waals surface area contributed by atoms with Gasteiger partial charge in [-0.05, 0) is 23.8 Å². The molecular formula is C9H10ClFN2O. The third kappa shape index (κ3) is 3.45. The average Bonchev–Trinajstić information content (AvgIpc) is 2.04. The van der Waals surface area contributed by atoms with Crippen LogP contribution in [-0.4, -0.2) is 5.91 Å². The predicted octanol–water partition coefficient (Wildman–Crippen LogP) is 1.03. The van der Waals surface area contributed by atoms with Gasteiger partial charge in [-0.2, -0.15) is 0 Å². The fraction of sp³-hybridized carbons (Fsp3) is 0. The molecular weight excluding hydrogens is 207 g/mol. The van der Waals surface area contributed by atoms with Crippen molar-refractivity contribution in [2.75, 3.05) is 0 Å².